The SMILES string of the molecule is CC(C)CNCCCCN(C)CC1CCN(C)C1. The zero-order valence-corrected chi connectivity index (χ0v) is 12.9. The molecule has 0 radical (unpaired) electrons. The van der Waals surface area contributed by atoms with Gasteiger partial charge in [0.05, 0.1) is 0 Å². The van der Waals surface area contributed by atoms with Gasteiger partial charge in [-0.3, -0.25) is 0 Å². The Morgan fingerprint density at radius 1 is 1.33 bits per heavy atom. The van der Waals surface area contributed by atoms with Gasteiger partial charge in [-0.1, -0.05) is 13.8 Å². The molecule has 0 amide bonds. The summed E-state index contributed by atoms with van der Waals surface area (Å²) in [5.74, 6) is 1.67. The highest BCUT2D eigenvalue weighted by Crippen LogP contribution is 2.15. The molecule has 1 heterocycles. The predicted octanol–water partition coefficient (Wildman–Crippen LogP) is 1.90. The van der Waals surface area contributed by atoms with Crippen LogP contribution in [0.3, 0.4) is 0 Å². The van der Waals surface area contributed by atoms with E-state index in [1.807, 2.05) is 0 Å². The topological polar surface area (TPSA) is 18.5 Å². The molecule has 0 bridgehead atoms. The average molecular weight is 255 g/mol. The van der Waals surface area contributed by atoms with Gasteiger partial charge >= 0.3 is 0 Å². The van der Waals surface area contributed by atoms with E-state index in [4.69, 9.17) is 0 Å². The summed E-state index contributed by atoms with van der Waals surface area (Å²) in [4.78, 5) is 4.97. The third-order valence-electron chi connectivity index (χ3n) is 3.75. The van der Waals surface area contributed by atoms with Crippen molar-refractivity contribution in [1.29, 1.82) is 0 Å². The molecule has 1 fully saturated rings. The Balaban J connectivity index is 1.92. The summed E-state index contributed by atoms with van der Waals surface area (Å²) < 4.78 is 0. The molecule has 0 aromatic carbocycles. The molecule has 1 unspecified atom stereocenters. The quantitative estimate of drug-likeness (QED) is 0.635. The Bertz CT molecular complexity index is 206. The number of nitrogens with one attached hydrogen (secondary N) is 1. The fourth-order valence-electron chi connectivity index (χ4n) is 2.73. The zero-order chi connectivity index (χ0) is 13.4. The summed E-state index contributed by atoms with van der Waals surface area (Å²) in [6, 6.07) is 0. The first-order valence-electron chi connectivity index (χ1n) is 7.65. The van der Waals surface area contributed by atoms with Gasteiger partial charge in [0.2, 0.25) is 0 Å². The largest absolute Gasteiger partial charge is 0.316 e. The van der Waals surface area contributed by atoms with E-state index in [2.05, 4.69) is 43.1 Å². The van der Waals surface area contributed by atoms with Crippen molar-refractivity contribution in [1.82, 2.24) is 15.1 Å². The molecular weight excluding hydrogens is 222 g/mol. The summed E-state index contributed by atoms with van der Waals surface area (Å²) in [5, 5.41) is 3.51. The molecule has 1 rings (SSSR count). The van der Waals surface area contributed by atoms with E-state index in [0.717, 1.165) is 18.4 Å². The Kier molecular flexibility index (Phi) is 7.87. The highest BCUT2D eigenvalue weighted by molar-refractivity contribution is 4.75. The number of hydrogen-bond acceptors (Lipinski definition) is 3. The lowest BCUT2D eigenvalue weighted by molar-refractivity contribution is 0.268. The number of nitrogens with zero attached hydrogens (tertiary/aromatic N) is 2. The van der Waals surface area contributed by atoms with Gasteiger partial charge in [0.15, 0.2) is 0 Å². The van der Waals surface area contributed by atoms with Crippen LogP contribution in [0.1, 0.15) is 33.1 Å². The lowest BCUT2D eigenvalue weighted by atomic mass is 10.1. The summed E-state index contributed by atoms with van der Waals surface area (Å²) in [7, 11) is 4.51. The van der Waals surface area contributed by atoms with Crippen molar-refractivity contribution in [2.75, 3.05) is 53.4 Å². The second-order valence-electron chi connectivity index (χ2n) is 6.48. The second-order valence-corrected chi connectivity index (χ2v) is 6.48. The third kappa shape index (κ3) is 7.34. The minimum Gasteiger partial charge on any atom is -0.316 e. The van der Waals surface area contributed by atoms with E-state index in [9.17, 15) is 0 Å². The van der Waals surface area contributed by atoms with Crippen LogP contribution < -0.4 is 5.32 Å². The molecule has 0 aromatic heterocycles. The van der Waals surface area contributed by atoms with Gasteiger partial charge in [0.1, 0.15) is 0 Å². The van der Waals surface area contributed by atoms with Crippen molar-refractivity contribution in [3.63, 3.8) is 0 Å². The van der Waals surface area contributed by atoms with Gasteiger partial charge in [0.25, 0.3) is 0 Å². The van der Waals surface area contributed by atoms with Crippen molar-refractivity contribution >= 4 is 0 Å². The first kappa shape index (κ1) is 15.9. The molecule has 3 nitrogen and oxygen atoms in total. The van der Waals surface area contributed by atoms with Crippen molar-refractivity contribution in [3.05, 3.63) is 0 Å². The monoisotopic (exact) mass is 255 g/mol. The highest BCUT2D eigenvalue weighted by atomic mass is 15.1. The summed E-state index contributed by atoms with van der Waals surface area (Å²) in [6.07, 6.45) is 4.02. The third-order valence-corrected chi connectivity index (χ3v) is 3.75. The minimum atomic E-state index is 0.770. The second kappa shape index (κ2) is 8.89. The van der Waals surface area contributed by atoms with Gasteiger partial charge in [-0.05, 0) is 71.4 Å². The predicted molar refractivity (Wildman–Crippen MR) is 80.0 cm³/mol. The van der Waals surface area contributed by atoms with E-state index in [1.165, 1.54) is 52.0 Å². The van der Waals surface area contributed by atoms with Crippen LogP contribution in [0.4, 0.5) is 0 Å². The number of rotatable bonds is 9. The Morgan fingerprint density at radius 3 is 2.72 bits per heavy atom. The van der Waals surface area contributed by atoms with Crippen molar-refractivity contribution < 1.29 is 0 Å². The van der Waals surface area contributed by atoms with E-state index in [1.54, 1.807) is 0 Å². The summed E-state index contributed by atoms with van der Waals surface area (Å²) >= 11 is 0. The van der Waals surface area contributed by atoms with Crippen molar-refractivity contribution in [2.24, 2.45) is 11.8 Å². The number of likely N-dealkylation sites (tertiary alicyclic amines) is 1. The molecule has 1 N–H and O–H groups in total. The molecule has 0 aromatic rings. The molecule has 1 aliphatic heterocycles. The molecule has 0 spiro atoms. The van der Waals surface area contributed by atoms with Crippen LogP contribution in [0, 0.1) is 11.8 Å². The van der Waals surface area contributed by atoms with E-state index < -0.39 is 0 Å². The van der Waals surface area contributed by atoms with Crippen LogP contribution in [0.25, 0.3) is 0 Å². The van der Waals surface area contributed by atoms with Crippen molar-refractivity contribution in [3.8, 4) is 0 Å². The number of unbranched alkanes of at least 4 members (excludes halogenated alkanes) is 1. The number of hydrogen-bond donors (Lipinski definition) is 1. The molecule has 1 saturated heterocycles. The first-order chi connectivity index (χ1) is 8.58. The normalized spacial score (nSPS) is 21.3. The molecule has 0 saturated carbocycles. The molecule has 0 aliphatic carbocycles. The lowest BCUT2D eigenvalue weighted by Gasteiger charge is -2.20. The molecular formula is C15H33N3. The van der Waals surface area contributed by atoms with Crippen molar-refractivity contribution in [2.45, 2.75) is 33.1 Å². The Hall–Kier alpha value is -0.120. The standard InChI is InChI=1S/C15H33N3/c1-14(2)11-16-8-5-6-9-17(3)12-15-7-10-18(4)13-15/h14-16H,5-13H2,1-4H3. The summed E-state index contributed by atoms with van der Waals surface area (Å²) in [6.45, 7) is 12.0. The van der Waals surface area contributed by atoms with Gasteiger partial charge < -0.3 is 15.1 Å². The first-order valence-corrected chi connectivity index (χ1v) is 7.65. The van der Waals surface area contributed by atoms with Crippen LogP contribution in [0.5, 0.6) is 0 Å². The zero-order valence-electron chi connectivity index (χ0n) is 12.9. The minimum absolute atomic E-state index is 0.770. The van der Waals surface area contributed by atoms with Gasteiger partial charge in [-0.2, -0.15) is 0 Å². The van der Waals surface area contributed by atoms with E-state index >= 15 is 0 Å². The molecule has 18 heavy (non-hydrogen) atoms. The maximum absolute atomic E-state index is 3.51. The van der Waals surface area contributed by atoms with Crippen LogP contribution >= 0.6 is 0 Å². The highest BCUT2D eigenvalue weighted by Gasteiger charge is 2.20. The van der Waals surface area contributed by atoms with Gasteiger partial charge in [-0.15, -0.1) is 0 Å². The van der Waals surface area contributed by atoms with Crippen LogP contribution in [-0.4, -0.2) is 63.2 Å². The Morgan fingerprint density at radius 2 is 2.11 bits per heavy atom. The van der Waals surface area contributed by atoms with Crippen LogP contribution in [0.15, 0.2) is 0 Å². The van der Waals surface area contributed by atoms with Gasteiger partial charge in [0, 0.05) is 13.1 Å². The molecule has 108 valence electrons. The fourth-order valence-corrected chi connectivity index (χ4v) is 2.73. The molecule has 1 aliphatic rings. The van der Waals surface area contributed by atoms with Crippen LogP contribution in [-0.2, 0) is 0 Å². The van der Waals surface area contributed by atoms with Gasteiger partial charge in [-0.25, -0.2) is 0 Å². The average Bonchev–Trinajstić information content (AvgIpc) is 2.68. The molecule has 1 atom stereocenters. The lowest BCUT2D eigenvalue weighted by Crippen LogP contribution is -2.29. The summed E-state index contributed by atoms with van der Waals surface area (Å²) in [5.41, 5.74) is 0. The maximum atomic E-state index is 3.51. The molecule has 3 heteroatoms. The Labute approximate surface area is 114 Å². The van der Waals surface area contributed by atoms with E-state index in [0.29, 0.717) is 0 Å². The van der Waals surface area contributed by atoms with Crippen LogP contribution in [0.2, 0.25) is 0 Å². The smallest absolute Gasteiger partial charge is 0.00193 e. The maximum Gasteiger partial charge on any atom is 0.00193 e. The fraction of sp³-hybridized carbons (Fsp3) is 1.00. The van der Waals surface area contributed by atoms with E-state index in [-0.39, 0.29) is 0 Å².